The molecule has 0 spiro atoms. The lowest BCUT2D eigenvalue weighted by Crippen LogP contribution is -2.03. The van der Waals surface area contributed by atoms with Crippen molar-refractivity contribution in [3.8, 4) is 0 Å². The Hall–Kier alpha value is -0.580. The van der Waals surface area contributed by atoms with Gasteiger partial charge in [-0.25, -0.2) is 20.7 Å². The molecule has 0 aliphatic heterocycles. The Morgan fingerprint density at radius 1 is 1.60 bits per heavy atom. The number of hydrogen-bond acceptors (Lipinski definition) is 4. The van der Waals surface area contributed by atoms with Gasteiger partial charge in [-0.2, -0.15) is 0 Å². The molecule has 0 atom stereocenters. The molecule has 0 saturated carbocycles. The van der Waals surface area contributed by atoms with E-state index in [1.165, 1.54) is 17.0 Å². The van der Waals surface area contributed by atoms with Crippen LogP contribution < -0.4 is 0 Å². The zero-order valence-electron chi connectivity index (χ0n) is 10.8. The molecule has 0 saturated heterocycles. The van der Waals surface area contributed by atoms with E-state index >= 15 is 0 Å². The molecule has 2 rings (SSSR count). The van der Waals surface area contributed by atoms with Gasteiger partial charge in [0, 0.05) is 0 Å². The van der Waals surface area contributed by atoms with Gasteiger partial charge >= 0.3 is 5.97 Å². The van der Waals surface area contributed by atoms with Gasteiger partial charge in [0.2, 0.25) is 0 Å². The average molecular weight is 433 g/mol. The standard InChI is InChI=1S/C9H5ClFIN2O3S.C2H6/c1-3-6(10)7(11)4-2-5(9(15)16)14(18-17-12)8(4)13-3;1-2/h2H,1H3,(H,15,16);1-2H3. The number of carbonyl (C=O) groups is 1. The van der Waals surface area contributed by atoms with Crippen LogP contribution in [0.5, 0.6) is 0 Å². The summed E-state index contributed by atoms with van der Waals surface area (Å²) in [5, 5.41) is 8.98. The van der Waals surface area contributed by atoms with E-state index < -0.39 is 11.8 Å². The number of fused-ring (bicyclic) bond motifs is 1. The Morgan fingerprint density at radius 2 is 2.20 bits per heavy atom. The lowest BCUT2D eigenvalue weighted by atomic mass is 10.2. The minimum atomic E-state index is -1.21. The molecule has 0 unspecified atom stereocenters. The largest absolute Gasteiger partial charge is 0.477 e. The van der Waals surface area contributed by atoms with Crippen LogP contribution in [0.15, 0.2) is 6.07 Å². The third kappa shape index (κ3) is 3.18. The average Bonchev–Trinajstić information content (AvgIpc) is 2.78. The van der Waals surface area contributed by atoms with Gasteiger partial charge in [-0.3, -0.25) is 0 Å². The number of aromatic carboxylic acids is 1. The maximum Gasteiger partial charge on any atom is 0.353 e. The molecule has 0 bridgehead atoms. The van der Waals surface area contributed by atoms with E-state index in [9.17, 15) is 9.18 Å². The van der Waals surface area contributed by atoms with E-state index in [-0.39, 0.29) is 27.4 Å². The molecule has 5 nitrogen and oxygen atoms in total. The molecular weight excluding hydrogens is 422 g/mol. The number of nitrogens with zero attached hydrogens (tertiary/aromatic N) is 2. The zero-order chi connectivity index (χ0) is 15.4. The number of aryl methyl sites for hydroxylation is 1. The molecule has 2 aromatic heterocycles. The third-order valence-corrected chi connectivity index (χ3v) is 3.77. The fourth-order valence-electron chi connectivity index (χ4n) is 1.49. The van der Waals surface area contributed by atoms with Crippen molar-refractivity contribution in [1.29, 1.82) is 0 Å². The maximum absolute atomic E-state index is 13.9. The SMILES string of the molecule is CC.Cc1nc2c(cc(C(=O)O)n2SOI)c(F)c1Cl. The van der Waals surface area contributed by atoms with E-state index in [1.54, 1.807) is 23.0 Å². The molecular formula is C11H11ClFIN2O3S. The molecule has 0 aromatic carbocycles. The first kappa shape index (κ1) is 17.5. The van der Waals surface area contributed by atoms with Gasteiger partial charge in [-0.15, -0.1) is 0 Å². The second kappa shape index (κ2) is 7.43. The number of carboxylic acids is 1. The van der Waals surface area contributed by atoms with Gasteiger partial charge in [0.25, 0.3) is 0 Å². The second-order valence-corrected chi connectivity index (χ2v) is 5.43. The molecule has 0 aliphatic rings. The summed E-state index contributed by atoms with van der Waals surface area (Å²) in [7, 11) is 0. The Morgan fingerprint density at radius 3 is 2.70 bits per heavy atom. The van der Waals surface area contributed by atoms with Crippen LogP contribution in [-0.4, -0.2) is 20.0 Å². The summed E-state index contributed by atoms with van der Waals surface area (Å²) in [6.45, 7) is 5.54. The van der Waals surface area contributed by atoms with Gasteiger partial charge < -0.3 is 5.11 Å². The predicted octanol–water partition coefficient (Wildman–Crippen LogP) is 4.64. The fraction of sp³-hybridized carbons (Fsp3) is 0.273. The van der Waals surface area contributed by atoms with E-state index in [0.717, 1.165) is 12.2 Å². The Bertz CT molecular complexity index is 650. The number of pyridine rings is 1. The fourth-order valence-corrected chi connectivity index (χ4v) is 2.59. The number of carboxylic acid groups (broad SMARTS) is 1. The van der Waals surface area contributed by atoms with Gasteiger partial charge in [-0.1, -0.05) is 25.4 Å². The van der Waals surface area contributed by atoms with Crippen molar-refractivity contribution in [2.45, 2.75) is 20.8 Å². The van der Waals surface area contributed by atoms with Crippen LogP contribution in [-0.2, 0) is 2.51 Å². The van der Waals surface area contributed by atoms with Crippen molar-refractivity contribution in [2.24, 2.45) is 0 Å². The first-order valence-electron chi connectivity index (χ1n) is 5.53. The molecule has 1 N–H and O–H groups in total. The zero-order valence-corrected chi connectivity index (χ0v) is 14.5. The van der Waals surface area contributed by atoms with Gasteiger partial charge in [-0.05, 0) is 13.0 Å². The van der Waals surface area contributed by atoms with Crippen LogP contribution in [0.25, 0.3) is 11.0 Å². The first-order valence-corrected chi connectivity index (χ1v) is 7.49. The van der Waals surface area contributed by atoms with Crippen molar-refractivity contribution in [3.05, 3.63) is 28.3 Å². The molecule has 0 amide bonds. The van der Waals surface area contributed by atoms with Gasteiger partial charge in [0.15, 0.2) is 11.5 Å². The Labute approximate surface area is 138 Å². The summed E-state index contributed by atoms with van der Waals surface area (Å²) in [6, 6.07) is 1.17. The van der Waals surface area contributed by atoms with Crippen LogP contribution in [0.3, 0.4) is 0 Å². The highest BCUT2D eigenvalue weighted by atomic mass is 127. The van der Waals surface area contributed by atoms with Crippen LogP contribution in [0, 0.1) is 12.7 Å². The Kier molecular flexibility index (Phi) is 6.49. The highest BCUT2D eigenvalue weighted by Crippen LogP contribution is 2.31. The van der Waals surface area contributed by atoms with Crippen LogP contribution in [0.1, 0.15) is 30.0 Å². The van der Waals surface area contributed by atoms with Crippen molar-refractivity contribution < 1.29 is 16.8 Å². The third-order valence-electron chi connectivity index (χ3n) is 2.28. The van der Waals surface area contributed by atoms with Crippen LogP contribution in [0.4, 0.5) is 4.39 Å². The summed E-state index contributed by atoms with van der Waals surface area (Å²) in [5.74, 6) is -1.89. The second-order valence-electron chi connectivity index (χ2n) is 3.33. The number of aromatic nitrogens is 2. The highest BCUT2D eigenvalue weighted by Gasteiger charge is 2.21. The monoisotopic (exact) mass is 432 g/mol. The van der Waals surface area contributed by atoms with Crippen LogP contribution in [0.2, 0.25) is 5.02 Å². The van der Waals surface area contributed by atoms with Crippen molar-refractivity contribution >= 4 is 63.8 Å². The predicted molar refractivity (Wildman–Crippen MR) is 85.8 cm³/mol. The summed E-state index contributed by atoms with van der Waals surface area (Å²) < 4.78 is 19.9. The molecule has 110 valence electrons. The summed E-state index contributed by atoms with van der Waals surface area (Å²) >= 11 is 8.07. The van der Waals surface area contributed by atoms with Crippen molar-refractivity contribution in [3.63, 3.8) is 0 Å². The highest BCUT2D eigenvalue weighted by molar-refractivity contribution is 14.1. The number of rotatable bonds is 3. The molecule has 0 radical (unpaired) electrons. The van der Waals surface area contributed by atoms with E-state index in [1.807, 2.05) is 13.8 Å². The van der Waals surface area contributed by atoms with E-state index in [0.29, 0.717) is 0 Å². The minimum Gasteiger partial charge on any atom is -0.477 e. The normalized spacial score (nSPS) is 10.3. The molecule has 2 heterocycles. The summed E-state index contributed by atoms with van der Waals surface area (Å²) in [6.07, 6.45) is 0. The quantitative estimate of drug-likeness (QED) is 0.565. The van der Waals surface area contributed by atoms with Gasteiger partial charge in [0.05, 0.1) is 16.1 Å². The topological polar surface area (TPSA) is 64.3 Å². The lowest BCUT2D eigenvalue weighted by molar-refractivity contribution is 0.0690. The summed E-state index contributed by atoms with van der Waals surface area (Å²) in [5.41, 5.74) is 0.306. The first-order chi connectivity index (χ1) is 9.47. The van der Waals surface area contributed by atoms with E-state index in [2.05, 4.69) is 4.98 Å². The van der Waals surface area contributed by atoms with Crippen LogP contribution >= 0.6 is 46.8 Å². The van der Waals surface area contributed by atoms with Gasteiger partial charge in [0.1, 0.15) is 40.9 Å². The molecule has 0 fully saturated rings. The van der Waals surface area contributed by atoms with E-state index in [4.69, 9.17) is 19.2 Å². The molecule has 2 aromatic rings. The van der Waals surface area contributed by atoms with Crippen molar-refractivity contribution in [2.75, 3.05) is 0 Å². The Balaban J connectivity index is 0.000000956. The lowest BCUT2D eigenvalue weighted by Gasteiger charge is -2.04. The molecule has 0 aliphatic carbocycles. The van der Waals surface area contributed by atoms with Crippen molar-refractivity contribution in [1.82, 2.24) is 8.96 Å². The number of halogens is 3. The number of hydrogen-bond donors (Lipinski definition) is 1. The maximum atomic E-state index is 13.9. The summed E-state index contributed by atoms with van der Waals surface area (Å²) in [4.78, 5) is 15.2. The molecule has 9 heteroatoms. The molecule has 20 heavy (non-hydrogen) atoms. The smallest absolute Gasteiger partial charge is 0.353 e. The minimum absolute atomic E-state index is 0.0453.